The molecule has 0 bridgehead atoms. The van der Waals surface area contributed by atoms with E-state index in [-0.39, 0.29) is 34.5 Å². The van der Waals surface area contributed by atoms with Gasteiger partial charge >= 0.3 is 0 Å². The Hall–Kier alpha value is -2.42. The summed E-state index contributed by atoms with van der Waals surface area (Å²) in [5, 5.41) is 21.0. The summed E-state index contributed by atoms with van der Waals surface area (Å²) in [6.07, 6.45) is -0.187. The summed E-state index contributed by atoms with van der Waals surface area (Å²) in [5.41, 5.74) is 1.56. The number of hydrogen-bond acceptors (Lipinski definition) is 3. The average molecular weight is 286 g/mol. The number of allylic oxidation sites excluding steroid dienone is 1. The van der Waals surface area contributed by atoms with Gasteiger partial charge in [0.25, 0.3) is 0 Å². The van der Waals surface area contributed by atoms with Crippen molar-refractivity contribution in [2.45, 2.75) is 26.9 Å². The Labute approximate surface area is 128 Å². The van der Waals surface area contributed by atoms with Crippen molar-refractivity contribution in [3.63, 3.8) is 0 Å². The lowest BCUT2D eigenvalue weighted by Crippen LogP contribution is -2.07. The second kappa shape index (κ2) is 5.92. The van der Waals surface area contributed by atoms with E-state index < -0.39 is 6.53 Å². The van der Waals surface area contributed by atoms with E-state index in [2.05, 4.69) is 0 Å². The van der Waals surface area contributed by atoms with Crippen molar-refractivity contribution in [2.24, 2.45) is 0 Å². The van der Waals surface area contributed by atoms with Gasteiger partial charge in [-0.1, -0.05) is 36.9 Å². The van der Waals surface area contributed by atoms with Crippen molar-refractivity contribution in [2.75, 3.05) is 0 Å². The van der Waals surface area contributed by atoms with Gasteiger partial charge in [-0.2, -0.15) is 0 Å². The highest BCUT2D eigenvalue weighted by Gasteiger charge is 2.21. The molecule has 0 aliphatic carbocycles. The maximum atomic E-state index is 10.7. The lowest BCUT2D eigenvalue weighted by Gasteiger charge is -2.19. The molecular weight excluding hydrogens is 264 g/mol. The summed E-state index contributed by atoms with van der Waals surface area (Å²) in [7, 11) is 0. The predicted molar refractivity (Wildman–Crippen MR) is 85.7 cm³/mol. The molecule has 3 nitrogen and oxygen atoms in total. The third-order valence-corrected chi connectivity index (χ3v) is 3.05. The minimum absolute atomic E-state index is 0.112. The molecule has 0 saturated heterocycles. The molecule has 21 heavy (non-hydrogen) atoms. The molecule has 2 N–H and O–H groups in total. The Kier molecular flexibility index (Phi) is 3.47. The van der Waals surface area contributed by atoms with Crippen LogP contribution in [0.1, 0.15) is 29.1 Å². The lowest BCUT2D eigenvalue weighted by atomic mass is 9.96. The fraction of sp³-hybridized carbons (Fsp3) is 0.222. The molecule has 0 radical (unpaired) electrons. The molecule has 0 aliphatic rings. The van der Waals surface area contributed by atoms with E-state index in [4.69, 9.17) is 7.48 Å². The third-order valence-electron chi connectivity index (χ3n) is 3.05. The van der Waals surface area contributed by atoms with E-state index in [9.17, 15) is 10.2 Å². The molecule has 3 heteroatoms. The Morgan fingerprint density at radius 2 is 1.90 bits per heavy atom. The fourth-order valence-corrected chi connectivity index (χ4v) is 2.15. The molecular formula is C18H20O3. The highest BCUT2D eigenvalue weighted by Crippen LogP contribution is 2.47. The normalized spacial score (nSPS) is 11.8. The van der Waals surface area contributed by atoms with E-state index in [0.29, 0.717) is 11.1 Å². The summed E-state index contributed by atoms with van der Waals surface area (Å²) >= 11 is 0. The van der Waals surface area contributed by atoms with E-state index in [1.54, 1.807) is 19.1 Å². The van der Waals surface area contributed by atoms with Crippen LogP contribution in [0, 0.1) is 0 Å². The first-order valence-corrected chi connectivity index (χ1v) is 6.78. The number of hydrogen-bond donors (Lipinski definition) is 2. The van der Waals surface area contributed by atoms with Gasteiger partial charge in [0.1, 0.15) is 5.75 Å². The molecule has 0 atom stereocenters. The monoisotopic (exact) mass is 286 g/mol. The quantitative estimate of drug-likeness (QED) is 0.808. The van der Waals surface area contributed by atoms with Crippen molar-refractivity contribution in [3.8, 4) is 28.4 Å². The third kappa shape index (κ3) is 3.02. The van der Waals surface area contributed by atoms with Crippen LogP contribution in [-0.2, 0) is 0 Å². The smallest absolute Gasteiger partial charge is 0.172 e. The van der Waals surface area contributed by atoms with Crippen LogP contribution in [0.4, 0.5) is 0 Å². The first kappa shape index (κ1) is 12.3. The zero-order valence-electron chi connectivity index (χ0n) is 14.3. The first-order chi connectivity index (χ1) is 10.8. The SMILES string of the molecule is [2H]C([2H])=C(C)c1cc(O)c(OC(C)C)c(-c2ccccc2)c1O. The largest absolute Gasteiger partial charge is 0.507 e. The summed E-state index contributed by atoms with van der Waals surface area (Å²) < 4.78 is 20.6. The van der Waals surface area contributed by atoms with Crippen molar-refractivity contribution in [1.29, 1.82) is 0 Å². The summed E-state index contributed by atoms with van der Waals surface area (Å²) in [6, 6.07) is 10.4. The van der Waals surface area contributed by atoms with Crippen molar-refractivity contribution in [3.05, 3.63) is 48.5 Å². The summed E-state index contributed by atoms with van der Waals surface area (Å²) in [6.45, 7) is 4.80. The standard InChI is InChI=1S/C18H20O3/c1-11(2)14-10-15(19)18(21-12(3)4)16(17(14)20)13-8-6-5-7-9-13/h5-10,12,19-20H,1H2,2-4H3/i1D2. The van der Waals surface area contributed by atoms with Gasteiger partial charge in [-0.25, -0.2) is 0 Å². The number of phenolic OH excluding ortho intramolecular Hbond substituents is 2. The van der Waals surface area contributed by atoms with Crippen molar-refractivity contribution < 1.29 is 17.7 Å². The Morgan fingerprint density at radius 1 is 1.24 bits per heavy atom. The van der Waals surface area contributed by atoms with Gasteiger partial charge in [0.05, 0.1) is 14.4 Å². The van der Waals surface area contributed by atoms with Gasteiger partial charge in [0, 0.05) is 5.56 Å². The molecule has 0 heterocycles. The second-order valence-electron chi connectivity index (χ2n) is 5.15. The molecule has 2 aromatic rings. The van der Waals surface area contributed by atoms with Gasteiger partial charge in [0.15, 0.2) is 11.5 Å². The van der Waals surface area contributed by atoms with Gasteiger partial charge < -0.3 is 14.9 Å². The fourth-order valence-electron chi connectivity index (χ4n) is 2.15. The molecule has 0 spiro atoms. The Bertz CT molecular complexity index is 734. The Morgan fingerprint density at radius 3 is 2.48 bits per heavy atom. The van der Waals surface area contributed by atoms with Crippen LogP contribution < -0.4 is 4.74 Å². The Balaban J connectivity index is 2.80. The van der Waals surface area contributed by atoms with Crippen LogP contribution >= 0.6 is 0 Å². The number of rotatable bonds is 4. The molecule has 110 valence electrons. The van der Waals surface area contributed by atoms with E-state index >= 15 is 0 Å². The van der Waals surface area contributed by atoms with Gasteiger partial charge in [-0.3, -0.25) is 0 Å². The van der Waals surface area contributed by atoms with Crippen LogP contribution in [0.5, 0.6) is 17.2 Å². The maximum Gasteiger partial charge on any atom is 0.172 e. The average Bonchev–Trinajstić information content (AvgIpc) is 2.50. The summed E-state index contributed by atoms with van der Waals surface area (Å²) in [4.78, 5) is 0. The zero-order valence-corrected chi connectivity index (χ0v) is 12.3. The van der Waals surface area contributed by atoms with E-state index in [0.717, 1.165) is 0 Å². The molecule has 2 aromatic carbocycles. The van der Waals surface area contributed by atoms with Crippen LogP contribution in [0.15, 0.2) is 42.9 Å². The van der Waals surface area contributed by atoms with Crippen molar-refractivity contribution >= 4 is 5.57 Å². The van der Waals surface area contributed by atoms with Crippen LogP contribution in [-0.4, -0.2) is 16.3 Å². The zero-order chi connectivity index (χ0) is 17.1. The molecule has 0 saturated carbocycles. The van der Waals surface area contributed by atoms with Crippen LogP contribution in [0.25, 0.3) is 16.7 Å². The number of benzene rings is 2. The molecule has 0 amide bonds. The number of aromatic hydroxyl groups is 2. The van der Waals surface area contributed by atoms with Gasteiger partial charge in [-0.05, 0) is 38.0 Å². The number of phenols is 2. The molecule has 0 aromatic heterocycles. The highest BCUT2D eigenvalue weighted by molar-refractivity contribution is 5.86. The highest BCUT2D eigenvalue weighted by atomic mass is 16.5. The van der Waals surface area contributed by atoms with E-state index in [1.165, 1.54) is 6.07 Å². The molecule has 0 aliphatic heterocycles. The minimum atomic E-state index is -0.420. The second-order valence-corrected chi connectivity index (χ2v) is 5.15. The molecule has 0 unspecified atom stereocenters. The minimum Gasteiger partial charge on any atom is -0.507 e. The molecule has 0 fully saturated rings. The van der Waals surface area contributed by atoms with Crippen LogP contribution in [0.3, 0.4) is 0 Å². The van der Waals surface area contributed by atoms with Gasteiger partial charge in [-0.15, -0.1) is 0 Å². The topological polar surface area (TPSA) is 49.7 Å². The van der Waals surface area contributed by atoms with Crippen LogP contribution in [0.2, 0.25) is 0 Å². The van der Waals surface area contributed by atoms with Gasteiger partial charge in [0.2, 0.25) is 0 Å². The summed E-state index contributed by atoms with van der Waals surface area (Å²) in [5.74, 6) is -0.0538. The lowest BCUT2D eigenvalue weighted by molar-refractivity contribution is 0.232. The predicted octanol–water partition coefficient (Wildman–Crippen LogP) is 4.59. The first-order valence-electron chi connectivity index (χ1n) is 7.78. The van der Waals surface area contributed by atoms with Crippen molar-refractivity contribution in [1.82, 2.24) is 0 Å². The van der Waals surface area contributed by atoms with E-state index in [1.807, 2.05) is 32.0 Å². The number of ether oxygens (including phenoxy) is 1. The maximum absolute atomic E-state index is 10.7. The molecule has 2 rings (SSSR count).